The van der Waals surface area contributed by atoms with Gasteiger partial charge in [-0.2, -0.15) is 0 Å². The topological polar surface area (TPSA) is 310 Å². The fourth-order valence-electron chi connectivity index (χ4n) is 0. The van der Waals surface area contributed by atoms with E-state index in [9.17, 15) is 0 Å². The molecule has 0 aliphatic rings. The summed E-state index contributed by atoms with van der Waals surface area (Å²) in [4.78, 5) is 0. The Balaban J connectivity index is -0.0000000533. The fraction of sp³-hybridized carbons (Fsp3) is 0. The molecular formula is H4CeO16S4-4. The van der Waals surface area contributed by atoms with Crippen LogP contribution in [0.5, 0.6) is 0 Å². The average Bonchev–Trinajstić information content (AvgIpc) is 1.62. The molecule has 0 aliphatic heterocycles. The molecule has 0 bridgehead atoms. The van der Waals surface area contributed by atoms with E-state index in [2.05, 4.69) is 0 Å². The van der Waals surface area contributed by atoms with Gasteiger partial charge < -0.3 is 18.2 Å². The Hall–Kier alpha value is 0.857. The monoisotopic (exact) mass is 528 g/mol. The van der Waals surface area contributed by atoms with Crippen molar-refractivity contribution in [1.82, 2.24) is 0 Å². The van der Waals surface area contributed by atoms with Crippen LogP contribution in [0.25, 0.3) is 0 Å². The molecule has 132 valence electrons. The molecule has 0 rings (SSSR count). The van der Waals surface area contributed by atoms with E-state index in [1.54, 1.807) is 0 Å². The van der Waals surface area contributed by atoms with Crippen molar-refractivity contribution in [3.8, 4) is 0 Å². The van der Waals surface area contributed by atoms with Crippen LogP contribution in [0.2, 0.25) is 0 Å². The van der Waals surface area contributed by atoms with Crippen molar-refractivity contribution in [2.24, 2.45) is 0 Å². The third kappa shape index (κ3) is 10100. The van der Waals surface area contributed by atoms with Crippen LogP contribution in [0.4, 0.5) is 0 Å². The molecule has 0 fully saturated rings. The average molecular weight is 528 g/mol. The van der Waals surface area contributed by atoms with Gasteiger partial charge in [0.05, 0.1) is 0 Å². The van der Waals surface area contributed by atoms with Crippen LogP contribution in [0.1, 0.15) is 0 Å². The fourth-order valence-corrected chi connectivity index (χ4v) is 0. The quantitative estimate of drug-likeness (QED) is 0.172. The summed E-state index contributed by atoms with van der Waals surface area (Å²) in [6, 6.07) is 0. The molecule has 0 aromatic heterocycles. The Morgan fingerprint density at radius 2 is 0.429 bits per heavy atom. The van der Waals surface area contributed by atoms with Crippen molar-refractivity contribution < 1.29 is 112 Å². The maximum Gasteiger partial charge on any atom is 0.215 e. The van der Waals surface area contributed by atoms with Crippen molar-refractivity contribution >= 4 is 41.6 Å². The molecule has 0 amide bonds. The summed E-state index contributed by atoms with van der Waals surface area (Å²) in [5.41, 5.74) is 0. The van der Waals surface area contributed by atoms with Gasteiger partial charge in [0.25, 0.3) is 0 Å². The molecule has 0 saturated carbocycles. The van der Waals surface area contributed by atoms with Gasteiger partial charge in [-0.1, -0.05) is 0 Å². The van der Waals surface area contributed by atoms with Crippen LogP contribution in [0, 0.1) is 41.7 Å². The zero-order valence-electron chi connectivity index (χ0n) is 8.82. The summed E-state index contributed by atoms with van der Waals surface area (Å²) in [6.07, 6.45) is 0. The van der Waals surface area contributed by atoms with E-state index in [0.29, 0.717) is 0 Å². The van der Waals surface area contributed by atoms with Gasteiger partial charge in [0, 0.05) is 41.7 Å². The predicted octanol–water partition coefficient (Wildman–Crippen LogP) is -3.98. The Bertz CT molecular complexity index is 473. The second kappa shape index (κ2) is 13.3. The Morgan fingerprint density at radius 1 is 0.429 bits per heavy atom. The molecule has 0 aromatic rings. The molecule has 21 heavy (non-hydrogen) atoms. The Labute approximate surface area is 152 Å². The molecule has 0 unspecified atom stereocenters. The minimum atomic E-state index is -4.92. The molecule has 0 heterocycles. The van der Waals surface area contributed by atoms with E-state index in [1.807, 2.05) is 0 Å². The Kier molecular flexibility index (Phi) is 21.2. The van der Waals surface area contributed by atoms with Crippen LogP contribution in [-0.2, 0) is 41.6 Å². The number of hydrogen-bond donors (Lipinski definition) is 4. The molecule has 0 aromatic carbocycles. The minimum Gasteiger partial charge on any atom is -0.726 e. The summed E-state index contributed by atoms with van der Waals surface area (Å²) in [7, 11) is -19.7. The maximum atomic E-state index is 8.63. The van der Waals surface area contributed by atoms with E-state index in [-0.39, 0.29) is 41.7 Å². The van der Waals surface area contributed by atoms with E-state index in [0.717, 1.165) is 0 Å². The minimum absolute atomic E-state index is 0. The maximum absolute atomic E-state index is 8.63. The third-order valence-electron chi connectivity index (χ3n) is 0. The van der Waals surface area contributed by atoms with Crippen LogP contribution >= 0.6 is 0 Å². The van der Waals surface area contributed by atoms with Gasteiger partial charge in [0.15, 0.2) is 0 Å². The van der Waals surface area contributed by atoms with Crippen LogP contribution in [0.15, 0.2) is 0 Å². The van der Waals surface area contributed by atoms with Gasteiger partial charge in [-0.25, -0.2) is 33.7 Å². The van der Waals surface area contributed by atoms with E-state index in [1.165, 1.54) is 0 Å². The largest absolute Gasteiger partial charge is 0.726 e. The van der Waals surface area contributed by atoms with Gasteiger partial charge in [-0.05, 0) is 0 Å². The number of hydrogen-bond acceptors (Lipinski definition) is 12. The Morgan fingerprint density at radius 3 is 0.429 bits per heavy atom. The first-order valence-corrected chi connectivity index (χ1v) is 8.19. The van der Waals surface area contributed by atoms with Crippen molar-refractivity contribution in [2.75, 3.05) is 0 Å². The zero-order chi connectivity index (χ0) is 18.0. The van der Waals surface area contributed by atoms with Crippen LogP contribution < -0.4 is 0 Å². The second-order valence-electron chi connectivity index (χ2n) is 1.71. The van der Waals surface area contributed by atoms with Crippen molar-refractivity contribution in [3.63, 3.8) is 0 Å². The molecule has 0 radical (unpaired) electrons. The van der Waals surface area contributed by atoms with Crippen LogP contribution in [-0.4, -0.2) is 70.1 Å². The molecular weight excluding hydrogens is 524 g/mol. The first-order chi connectivity index (χ1) is 8.00. The first kappa shape index (κ1) is 33.5. The van der Waals surface area contributed by atoms with Crippen LogP contribution in [0.3, 0.4) is 0 Å². The van der Waals surface area contributed by atoms with Gasteiger partial charge >= 0.3 is 0 Å². The van der Waals surface area contributed by atoms with Gasteiger partial charge in [-0.3, -0.25) is 18.2 Å². The summed E-state index contributed by atoms with van der Waals surface area (Å²) in [5, 5.41) is 0. The number of rotatable bonds is 0. The van der Waals surface area contributed by atoms with E-state index >= 15 is 0 Å². The molecule has 21 heteroatoms. The van der Waals surface area contributed by atoms with Crippen molar-refractivity contribution in [1.29, 1.82) is 0 Å². The second-order valence-corrected chi connectivity index (χ2v) is 5.13. The summed E-state index contributed by atoms with van der Waals surface area (Å²) >= 11 is 0. The molecule has 4 N–H and O–H groups in total. The third-order valence-corrected chi connectivity index (χ3v) is 0. The van der Waals surface area contributed by atoms with Gasteiger partial charge in [0.1, 0.15) is 0 Å². The van der Waals surface area contributed by atoms with Crippen molar-refractivity contribution in [2.45, 2.75) is 0 Å². The normalized spacial score (nSPS) is 11.0. The zero-order valence-corrected chi connectivity index (χ0v) is 15.2. The van der Waals surface area contributed by atoms with Gasteiger partial charge in [0.2, 0.25) is 41.6 Å². The smallest absolute Gasteiger partial charge is 0.215 e. The van der Waals surface area contributed by atoms with E-state index < -0.39 is 41.6 Å². The summed E-state index contributed by atoms with van der Waals surface area (Å²) < 4.78 is 131. The molecule has 0 spiro atoms. The summed E-state index contributed by atoms with van der Waals surface area (Å²) in [6.45, 7) is 0. The van der Waals surface area contributed by atoms with E-state index in [4.69, 9.17) is 70.1 Å². The van der Waals surface area contributed by atoms with Gasteiger partial charge in [-0.15, -0.1) is 0 Å². The van der Waals surface area contributed by atoms with Crippen molar-refractivity contribution in [3.05, 3.63) is 0 Å². The summed E-state index contributed by atoms with van der Waals surface area (Å²) in [5.74, 6) is 0. The SMILES string of the molecule is O=S(=O)([O-])O.O=S(=O)([O-])O.O=S(=O)([O-])O.O=S(=O)([O-])O.[Ce]. The first-order valence-electron chi connectivity index (χ1n) is 2.73. The molecule has 0 atom stereocenters. The standard InChI is InChI=1S/Ce.4H2O4S/c;4*1-5(2,3)4/h;4*(H2,1,2,3,4)/p-4. The predicted molar refractivity (Wildman–Crippen MR) is 49.3 cm³/mol. The molecule has 16 nitrogen and oxygen atoms in total. The molecule has 0 aliphatic carbocycles. The molecule has 0 saturated heterocycles.